The number of nitrogens with one attached hydrogen (secondary N) is 1. The van der Waals surface area contributed by atoms with E-state index in [4.69, 9.17) is 0 Å². The standard InChI is InChI=1S/C16H22N2O/c1-11(12-5-6-12)17-18-15(19)13-7-9-14(10-8-13)16(2,3)4/h7-10,12H,5-6H2,1-4H3,(H,18,19)/b17-11+. The minimum atomic E-state index is -0.138. The summed E-state index contributed by atoms with van der Waals surface area (Å²) in [5.41, 5.74) is 5.64. The molecule has 3 nitrogen and oxygen atoms in total. The molecule has 0 heterocycles. The fourth-order valence-corrected chi connectivity index (χ4v) is 1.92. The van der Waals surface area contributed by atoms with Crippen LogP contribution >= 0.6 is 0 Å². The Kier molecular flexibility index (Phi) is 3.74. The molecule has 2 rings (SSSR count). The molecule has 1 aromatic carbocycles. The van der Waals surface area contributed by atoms with Crippen LogP contribution < -0.4 is 5.43 Å². The highest BCUT2D eigenvalue weighted by atomic mass is 16.2. The van der Waals surface area contributed by atoms with Crippen LogP contribution in [0, 0.1) is 5.92 Å². The van der Waals surface area contributed by atoms with Crippen LogP contribution in [0.2, 0.25) is 0 Å². The summed E-state index contributed by atoms with van der Waals surface area (Å²) in [6, 6.07) is 7.73. The zero-order valence-electron chi connectivity index (χ0n) is 12.2. The van der Waals surface area contributed by atoms with Gasteiger partial charge in [0, 0.05) is 11.3 Å². The molecule has 0 aliphatic heterocycles. The lowest BCUT2D eigenvalue weighted by molar-refractivity contribution is 0.0954. The minimum absolute atomic E-state index is 0.107. The molecular formula is C16H22N2O. The molecule has 102 valence electrons. The third kappa shape index (κ3) is 3.66. The molecule has 3 heteroatoms. The van der Waals surface area contributed by atoms with E-state index in [-0.39, 0.29) is 11.3 Å². The molecular weight excluding hydrogens is 236 g/mol. The van der Waals surface area contributed by atoms with Crippen molar-refractivity contribution in [3.63, 3.8) is 0 Å². The van der Waals surface area contributed by atoms with E-state index in [1.165, 1.54) is 18.4 Å². The number of amides is 1. The van der Waals surface area contributed by atoms with Crippen LogP contribution in [0.3, 0.4) is 0 Å². The minimum Gasteiger partial charge on any atom is -0.267 e. The normalized spacial score (nSPS) is 16.3. The molecule has 1 aromatic rings. The fourth-order valence-electron chi connectivity index (χ4n) is 1.92. The van der Waals surface area contributed by atoms with Crippen LogP contribution in [-0.2, 0) is 5.41 Å². The Morgan fingerprint density at radius 1 is 1.21 bits per heavy atom. The fraction of sp³-hybridized carbons (Fsp3) is 0.500. The summed E-state index contributed by atoms with van der Waals surface area (Å²) in [6.07, 6.45) is 2.40. The molecule has 1 amide bonds. The summed E-state index contributed by atoms with van der Waals surface area (Å²) < 4.78 is 0. The van der Waals surface area contributed by atoms with Crippen molar-refractivity contribution in [2.24, 2.45) is 11.0 Å². The van der Waals surface area contributed by atoms with E-state index >= 15 is 0 Å². The Morgan fingerprint density at radius 2 is 1.79 bits per heavy atom. The van der Waals surface area contributed by atoms with E-state index < -0.39 is 0 Å². The van der Waals surface area contributed by atoms with E-state index in [0.717, 1.165) is 5.71 Å². The van der Waals surface area contributed by atoms with Crippen molar-refractivity contribution in [3.8, 4) is 0 Å². The van der Waals surface area contributed by atoms with E-state index in [2.05, 4.69) is 31.3 Å². The first-order valence-electron chi connectivity index (χ1n) is 6.83. The van der Waals surface area contributed by atoms with Gasteiger partial charge in [0.15, 0.2) is 0 Å². The largest absolute Gasteiger partial charge is 0.271 e. The quantitative estimate of drug-likeness (QED) is 0.654. The Labute approximate surface area is 115 Å². The number of carbonyl (C=O) groups is 1. The molecule has 1 N–H and O–H groups in total. The van der Waals surface area contributed by atoms with Crippen molar-refractivity contribution in [1.82, 2.24) is 5.43 Å². The topological polar surface area (TPSA) is 41.5 Å². The number of hydrogen-bond acceptors (Lipinski definition) is 2. The van der Waals surface area contributed by atoms with Gasteiger partial charge < -0.3 is 0 Å². The van der Waals surface area contributed by atoms with Crippen molar-refractivity contribution >= 4 is 11.6 Å². The second kappa shape index (κ2) is 5.16. The third-order valence-electron chi connectivity index (χ3n) is 3.52. The first-order chi connectivity index (χ1) is 8.88. The van der Waals surface area contributed by atoms with Crippen LogP contribution in [0.25, 0.3) is 0 Å². The second-order valence-corrected chi connectivity index (χ2v) is 6.30. The predicted octanol–water partition coefficient (Wildman–Crippen LogP) is 3.50. The summed E-state index contributed by atoms with van der Waals surface area (Å²) in [7, 11) is 0. The van der Waals surface area contributed by atoms with Crippen molar-refractivity contribution in [2.45, 2.75) is 46.0 Å². The molecule has 19 heavy (non-hydrogen) atoms. The van der Waals surface area contributed by atoms with Gasteiger partial charge in [-0.15, -0.1) is 0 Å². The highest BCUT2D eigenvalue weighted by molar-refractivity contribution is 5.95. The van der Waals surface area contributed by atoms with Gasteiger partial charge in [-0.05, 0) is 48.8 Å². The Hall–Kier alpha value is -1.64. The summed E-state index contributed by atoms with van der Waals surface area (Å²) in [4.78, 5) is 11.9. The van der Waals surface area contributed by atoms with Crippen molar-refractivity contribution in [2.75, 3.05) is 0 Å². The van der Waals surface area contributed by atoms with Gasteiger partial charge in [0.1, 0.15) is 0 Å². The van der Waals surface area contributed by atoms with E-state index in [1.807, 2.05) is 31.2 Å². The SMILES string of the molecule is C/C(=N\NC(=O)c1ccc(C(C)(C)C)cc1)C1CC1. The number of nitrogens with zero attached hydrogens (tertiary/aromatic N) is 1. The first-order valence-corrected chi connectivity index (χ1v) is 6.83. The number of benzene rings is 1. The number of rotatable bonds is 3. The first kappa shape index (κ1) is 13.8. The molecule has 0 atom stereocenters. The molecule has 1 aliphatic carbocycles. The third-order valence-corrected chi connectivity index (χ3v) is 3.52. The van der Waals surface area contributed by atoms with Gasteiger partial charge in [0.05, 0.1) is 0 Å². The lowest BCUT2D eigenvalue weighted by atomic mass is 9.87. The van der Waals surface area contributed by atoms with Gasteiger partial charge in [0.2, 0.25) is 0 Å². The van der Waals surface area contributed by atoms with Crippen molar-refractivity contribution in [3.05, 3.63) is 35.4 Å². The Bertz CT molecular complexity index is 490. The average Bonchev–Trinajstić information content (AvgIpc) is 3.19. The van der Waals surface area contributed by atoms with E-state index in [1.54, 1.807) is 0 Å². The van der Waals surface area contributed by atoms with E-state index in [0.29, 0.717) is 11.5 Å². The van der Waals surface area contributed by atoms with Crippen molar-refractivity contribution in [1.29, 1.82) is 0 Å². The van der Waals surface area contributed by atoms with Gasteiger partial charge >= 0.3 is 0 Å². The van der Waals surface area contributed by atoms with Crippen LogP contribution in [-0.4, -0.2) is 11.6 Å². The summed E-state index contributed by atoms with van der Waals surface area (Å²) in [6.45, 7) is 8.45. The second-order valence-electron chi connectivity index (χ2n) is 6.30. The zero-order valence-corrected chi connectivity index (χ0v) is 12.2. The van der Waals surface area contributed by atoms with Gasteiger partial charge in [-0.3, -0.25) is 4.79 Å². The molecule has 0 unspecified atom stereocenters. The molecule has 0 saturated heterocycles. The monoisotopic (exact) mass is 258 g/mol. The Morgan fingerprint density at radius 3 is 2.26 bits per heavy atom. The molecule has 0 bridgehead atoms. The molecule has 0 radical (unpaired) electrons. The summed E-state index contributed by atoms with van der Waals surface area (Å²) >= 11 is 0. The number of hydrazone groups is 1. The summed E-state index contributed by atoms with van der Waals surface area (Å²) in [5.74, 6) is 0.448. The smallest absolute Gasteiger partial charge is 0.267 e. The maximum Gasteiger partial charge on any atom is 0.271 e. The van der Waals surface area contributed by atoms with Crippen LogP contribution in [0.1, 0.15) is 56.5 Å². The zero-order chi connectivity index (χ0) is 14.0. The maximum absolute atomic E-state index is 11.9. The summed E-state index contributed by atoms with van der Waals surface area (Å²) in [5, 5.41) is 4.15. The van der Waals surface area contributed by atoms with Crippen LogP contribution in [0.15, 0.2) is 29.4 Å². The van der Waals surface area contributed by atoms with Gasteiger partial charge in [-0.25, -0.2) is 5.43 Å². The lowest BCUT2D eigenvalue weighted by Gasteiger charge is -2.18. The Balaban J connectivity index is 2.01. The molecule has 0 aromatic heterocycles. The number of hydrogen-bond donors (Lipinski definition) is 1. The number of carbonyl (C=O) groups excluding carboxylic acids is 1. The van der Waals surface area contributed by atoms with Gasteiger partial charge in [-0.1, -0.05) is 32.9 Å². The van der Waals surface area contributed by atoms with Gasteiger partial charge in [0.25, 0.3) is 5.91 Å². The lowest BCUT2D eigenvalue weighted by Crippen LogP contribution is -2.20. The van der Waals surface area contributed by atoms with Gasteiger partial charge in [-0.2, -0.15) is 5.10 Å². The highest BCUT2D eigenvalue weighted by Gasteiger charge is 2.24. The van der Waals surface area contributed by atoms with E-state index in [9.17, 15) is 4.79 Å². The highest BCUT2D eigenvalue weighted by Crippen LogP contribution is 2.30. The average molecular weight is 258 g/mol. The van der Waals surface area contributed by atoms with Crippen LogP contribution in [0.5, 0.6) is 0 Å². The molecule has 1 aliphatic rings. The van der Waals surface area contributed by atoms with Crippen LogP contribution in [0.4, 0.5) is 0 Å². The molecule has 1 fully saturated rings. The molecule has 0 spiro atoms. The van der Waals surface area contributed by atoms with Crippen molar-refractivity contribution < 1.29 is 4.79 Å². The maximum atomic E-state index is 11.9. The predicted molar refractivity (Wildman–Crippen MR) is 78.4 cm³/mol. The molecule has 1 saturated carbocycles.